The van der Waals surface area contributed by atoms with Gasteiger partial charge < -0.3 is 9.84 Å². The Morgan fingerprint density at radius 2 is 1.93 bits per heavy atom. The van der Waals surface area contributed by atoms with Crippen LogP contribution in [-0.4, -0.2) is 29.7 Å². The van der Waals surface area contributed by atoms with Crippen LogP contribution >= 0.6 is 11.6 Å². The summed E-state index contributed by atoms with van der Waals surface area (Å²) in [5.74, 6) is 0.164. The second-order valence-corrected chi connectivity index (χ2v) is 8.80. The largest absolute Gasteiger partial charge is 0.469 e. The van der Waals surface area contributed by atoms with Gasteiger partial charge in [0.05, 0.1) is 13.2 Å². The first-order valence-corrected chi connectivity index (χ1v) is 11.6. The molecule has 29 heavy (non-hydrogen) atoms. The zero-order valence-corrected chi connectivity index (χ0v) is 18.7. The molecule has 1 aromatic carbocycles. The van der Waals surface area contributed by atoms with Gasteiger partial charge in [-0.05, 0) is 55.6 Å². The van der Waals surface area contributed by atoms with E-state index in [2.05, 4.69) is 48.1 Å². The second kappa shape index (κ2) is 13.1. The maximum atomic E-state index is 11.2. The summed E-state index contributed by atoms with van der Waals surface area (Å²) in [4.78, 5) is 11.2. The van der Waals surface area contributed by atoms with Crippen molar-refractivity contribution in [3.8, 4) is 0 Å². The van der Waals surface area contributed by atoms with Gasteiger partial charge in [-0.2, -0.15) is 0 Å². The first-order valence-electron chi connectivity index (χ1n) is 11.2. The maximum Gasteiger partial charge on any atom is 0.305 e. The highest BCUT2D eigenvalue weighted by atomic mass is 35.5. The monoisotopic (exact) mass is 420 g/mol. The predicted molar refractivity (Wildman–Crippen MR) is 120 cm³/mol. The van der Waals surface area contributed by atoms with Crippen molar-refractivity contribution in [1.29, 1.82) is 0 Å². The number of benzene rings is 1. The minimum atomic E-state index is -0.384. The summed E-state index contributed by atoms with van der Waals surface area (Å²) in [5.41, 5.74) is 2.57. The number of carbonyl (C=O) groups excluding carboxylic acids is 1. The molecular weight excluding hydrogens is 384 g/mol. The molecule has 0 amide bonds. The Balaban J connectivity index is 1.89. The number of allylic oxidation sites excluding steroid dienone is 2. The first-order chi connectivity index (χ1) is 14.1. The molecule has 2 rings (SSSR count). The average Bonchev–Trinajstić information content (AvgIpc) is 3.01. The number of aliphatic hydroxyl groups is 1. The van der Waals surface area contributed by atoms with Crippen LogP contribution in [0, 0.1) is 5.92 Å². The number of aliphatic hydroxyl groups excluding tert-OH is 1. The van der Waals surface area contributed by atoms with Crippen molar-refractivity contribution in [2.24, 2.45) is 5.92 Å². The smallest absolute Gasteiger partial charge is 0.305 e. The maximum absolute atomic E-state index is 11.2. The van der Waals surface area contributed by atoms with Gasteiger partial charge in [0.25, 0.3) is 0 Å². The fourth-order valence-corrected chi connectivity index (χ4v) is 4.77. The van der Waals surface area contributed by atoms with Crippen molar-refractivity contribution in [1.82, 2.24) is 0 Å². The zero-order valence-electron chi connectivity index (χ0n) is 18.0. The Bertz CT molecular complexity index is 625. The molecule has 0 saturated heterocycles. The Hall–Kier alpha value is -1.32. The van der Waals surface area contributed by atoms with Crippen molar-refractivity contribution >= 4 is 17.6 Å². The van der Waals surface area contributed by atoms with Crippen molar-refractivity contribution < 1.29 is 14.6 Å². The van der Waals surface area contributed by atoms with Crippen molar-refractivity contribution in [3.63, 3.8) is 0 Å². The van der Waals surface area contributed by atoms with E-state index in [0.29, 0.717) is 12.8 Å². The topological polar surface area (TPSA) is 46.5 Å². The lowest BCUT2D eigenvalue weighted by molar-refractivity contribution is -0.140. The summed E-state index contributed by atoms with van der Waals surface area (Å²) in [7, 11) is 1.42. The van der Waals surface area contributed by atoms with Crippen LogP contribution in [0.5, 0.6) is 0 Å². The lowest BCUT2D eigenvalue weighted by Gasteiger charge is -2.23. The number of rotatable bonds is 12. The standard InChI is InChI=1S/C25H37ClO3/c1-3-4-5-8-11-19-14-16-20(17-15-19)25-21(22(26)18-23(25)27)12-9-6-7-10-13-24(28)29-2/h6,9,14-17,21-23,25,27H,3-5,7-8,10-13,18H2,1-2H3/t21-,22+,23+,25+/m0/s1. The van der Waals surface area contributed by atoms with Gasteiger partial charge in [-0.1, -0.05) is 62.6 Å². The highest BCUT2D eigenvalue weighted by molar-refractivity contribution is 6.21. The molecule has 4 atom stereocenters. The molecule has 0 aromatic heterocycles. The van der Waals surface area contributed by atoms with Gasteiger partial charge in [-0.3, -0.25) is 4.79 Å². The number of carbonyl (C=O) groups is 1. The van der Waals surface area contributed by atoms with Gasteiger partial charge in [-0.15, -0.1) is 11.6 Å². The number of esters is 1. The van der Waals surface area contributed by atoms with Gasteiger partial charge in [0, 0.05) is 17.7 Å². The van der Waals surface area contributed by atoms with E-state index in [0.717, 1.165) is 25.7 Å². The summed E-state index contributed by atoms with van der Waals surface area (Å²) >= 11 is 6.59. The average molecular weight is 421 g/mol. The quantitative estimate of drug-likeness (QED) is 0.190. The minimum Gasteiger partial charge on any atom is -0.469 e. The van der Waals surface area contributed by atoms with E-state index in [1.165, 1.54) is 43.9 Å². The SMILES string of the molecule is CCCCCCc1ccc([C@@H]2[C@@H](CC=CCCCC(=O)OC)[C@H](Cl)C[C@H]2O)cc1. The molecule has 0 heterocycles. The van der Waals surface area contributed by atoms with Crippen LogP contribution in [-0.2, 0) is 16.0 Å². The van der Waals surface area contributed by atoms with E-state index in [1.807, 2.05) is 0 Å². The van der Waals surface area contributed by atoms with Crippen molar-refractivity contribution in [2.45, 2.75) is 88.5 Å². The molecule has 3 nitrogen and oxygen atoms in total. The molecule has 1 saturated carbocycles. The lowest BCUT2D eigenvalue weighted by Crippen LogP contribution is -2.18. The fraction of sp³-hybridized carbons (Fsp3) is 0.640. The van der Waals surface area contributed by atoms with E-state index >= 15 is 0 Å². The molecule has 162 valence electrons. The van der Waals surface area contributed by atoms with E-state index in [-0.39, 0.29) is 29.3 Å². The molecule has 4 heteroatoms. The molecular formula is C25H37ClO3. The molecule has 1 aromatic rings. The molecule has 0 spiro atoms. The fourth-order valence-electron chi connectivity index (χ4n) is 4.33. The number of aryl methyl sites for hydroxylation is 1. The molecule has 1 N–H and O–H groups in total. The molecule has 1 fully saturated rings. The Labute approximate surface area is 181 Å². The predicted octanol–water partition coefficient (Wildman–Crippen LogP) is 6.17. The second-order valence-electron chi connectivity index (χ2n) is 8.24. The number of alkyl halides is 1. The van der Waals surface area contributed by atoms with Gasteiger partial charge in [0.15, 0.2) is 0 Å². The molecule has 1 aliphatic rings. The summed E-state index contributed by atoms with van der Waals surface area (Å²) in [6.07, 6.45) is 13.7. The molecule has 0 aliphatic heterocycles. The third-order valence-corrected chi connectivity index (χ3v) is 6.55. The number of methoxy groups -OCH3 is 1. The van der Waals surface area contributed by atoms with E-state index in [4.69, 9.17) is 11.6 Å². The van der Waals surface area contributed by atoms with Crippen molar-refractivity contribution in [3.05, 3.63) is 47.5 Å². The van der Waals surface area contributed by atoms with E-state index in [1.54, 1.807) is 0 Å². The molecule has 1 aliphatic carbocycles. The number of hydrogen-bond donors (Lipinski definition) is 1. The van der Waals surface area contributed by atoms with Crippen LogP contribution in [0.4, 0.5) is 0 Å². The Morgan fingerprint density at radius 3 is 2.62 bits per heavy atom. The van der Waals surface area contributed by atoms with Crippen LogP contribution in [0.2, 0.25) is 0 Å². The van der Waals surface area contributed by atoms with E-state index < -0.39 is 0 Å². The molecule has 0 bridgehead atoms. The molecule has 0 unspecified atom stereocenters. The zero-order chi connectivity index (χ0) is 21.1. The van der Waals surface area contributed by atoms with Gasteiger partial charge in [0.1, 0.15) is 0 Å². The number of halogens is 1. The lowest BCUT2D eigenvalue weighted by atomic mass is 9.85. The van der Waals surface area contributed by atoms with Crippen LogP contribution < -0.4 is 0 Å². The van der Waals surface area contributed by atoms with Crippen molar-refractivity contribution in [2.75, 3.05) is 7.11 Å². The van der Waals surface area contributed by atoms with Crippen LogP contribution in [0.1, 0.15) is 81.8 Å². The normalized spacial score (nSPS) is 24.3. The van der Waals surface area contributed by atoms with Crippen LogP contribution in [0.3, 0.4) is 0 Å². The summed E-state index contributed by atoms with van der Waals surface area (Å²) < 4.78 is 4.66. The minimum absolute atomic E-state index is 0.0107. The highest BCUT2D eigenvalue weighted by Crippen LogP contribution is 2.44. The Kier molecular flexibility index (Phi) is 10.8. The highest BCUT2D eigenvalue weighted by Gasteiger charge is 2.41. The van der Waals surface area contributed by atoms with Gasteiger partial charge in [0.2, 0.25) is 0 Å². The number of ether oxygens (including phenoxy) is 1. The first kappa shape index (κ1) is 24.0. The van der Waals surface area contributed by atoms with Crippen LogP contribution in [0.15, 0.2) is 36.4 Å². The third kappa shape index (κ3) is 7.79. The number of unbranched alkanes of at least 4 members (excludes halogenated alkanes) is 4. The van der Waals surface area contributed by atoms with Gasteiger partial charge >= 0.3 is 5.97 Å². The van der Waals surface area contributed by atoms with Crippen LogP contribution in [0.25, 0.3) is 0 Å². The summed E-state index contributed by atoms with van der Waals surface area (Å²) in [5, 5.41) is 10.6. The number of hydrogen-bond acceptors (Lipinski definition) is 3. The molecule has 0 radical (unpaired) electrons. The summed E-state index contributed by atoms with van der Waals surface area (Å²) in [6, 6.07) is 8.81. The summed E-state index contributed by atoms with van der Waals surface area (Å²) in [6.45, 7) is 2.24. The van der Waals surface area contributed by atoms with E-state index in [9.17, 15) is 9.90 Å². The third-order valence-electron chi connectivity index (χ3n) is 6.04. The Morgan fingerprint density at radius 1 is 1.17 bits per heavy atom. The van der Waals surface area contributed by atoms with Gasteiger partial charge in [-0.25, -0.2) is 0 Å².